The summed E-state index contributed by atoms with van der Waals surface area (Å²) in [5.74, 6) is 3.61. The Kier molecular flexibility index (Phi) is 7.67. The molecule has 12 aromatic rings. The van der Waals surface area contributed by atoms with Gasteiger partial charge in [-0.05, 0) is 93.0 Å². The van der Waals surface area contributed by atoms with Crippen molar-refractivity contribution in [1.29, 1.82) is 0 Å². The molecule has 0 amide bonds. The zero-order chi connectivity index (χ0) is 39.6. The first-order valence-corrected chi connectivity index (χ1v) is 19.7. The number of nitrogens with zero attached hydrogens (tertiary/aromatic N) is 8. The van der Waals surface area contributed by atoms with E-state index >= 15 is 0 Å². The fraction of sp³-hybridized carbons (Fsp3) is 0. The van der Waals surface area contributed by atoms with E-state index in [0.29, 0.717) is 34.9 Å². The summed E-state index contributed by atoms with van der Waals surface area (Å²) in [6.45, 7) is 0. The average Bonchev–Trinajstić information content (AvgIpc) is 3.33. The van der Waals surface area contributed by atoms with E-state index in [2.05, 4.69) is 82.8 Å². The van der Waals surface area contributed by atoms with Crippen LogP contribution in [0.4, 0.5) is 0 Å². The molecule has 0 radical (unpaired) electrons. The standard InChI is InChI=1S/C52H30N8/c1-3-9-33(10-4-1)47-55-49(37-19-25-43-35(29-37)13-7-27-53-43)59-51(57-47)41-23-17-31-16-22-40-42(24-18-32-15-21-39(41)45(31)46(32)40)52-58-48(34-11-5-2-6-12-34)56-50(60-52)38-20-26-44-36(30-38)14-8-28-54-44/h1-30H. The minimum absolute atomic E-state index is 0.597. The van der Waals surface area contributed by atoms with Crippen LogP contribution in [0.1, 0.15) is 0 Å². The molecule has 60 heavy (non-hydrogen) atoms. The quantitative estimate of drug-likeness (QED) is 0.154. The van der Waals surface area contributed by atoms with Gasteiger partial charge < -0.3 is 0 Å². The molecule has 0 fully saturated rings. The van der Waals surface area contributed by atoms with Crippen LogP contribution in [0, 0.1) is 0 Å². The predicted molar refractivity (Wildman–Crippen MR) is 240 cm³/mol. The molecule has 0 aliphatic carbocycles. The summed E-state index contributed by atoms with van der Waals surface area (Å²) in [5.41, 5.74) is 7.30. The van der Waals surface area contributed by atoms with E-state index in [1.807, 2.05) is 97.1 Å². The first-order valence-electron chi connectivity index (χ1n) is 19.7. The Morgan fingerprint density at radius 1 is 0.267 bits per heavy atom. The molecule has 0 spiro atoms. The normalized spacial score (nSPS) is 11.7. The summed E-state index contributed by atoms with van der Waals surface area (Å²) >= 11 is 0. The van der Waals surface area contributed by atoms with Crippen molar-refractivity contribution < 1.29 is 0 Å². The highest BCUT2D eigenvalue weighted by atomic mass is 15.0. The Morgan fingerprint density at radius 3 is 1.12 bits per heavy atom. The SMILES string of the molecule is c1ccc(-c2nc(-c3ccc4ncccc4c3)nc(-c3ccc4ccc5c(-c6nc(-c7ccccc7)nc(-c7ccc8ncccc8c7)n6)ccc6ccc3c4c65)n2)cc1. The highest BCUT2D eigenvalue weighted by molar-refractivity contribution is 6.27. The maximum Gasteiger partial charge on any atom is 0.164 e. The van der Waals surface area contributed by atoms with Crippen LogP contribution in [0.15, 0.2) is 182 Å². The summed E-state index contributed by atoms with van der Waals surface area (Å²) < 4.78 is 0. The summed E-state index contributed by atoms with van der Waals surface area (Å²) in [4.78, 5) is 39.7. The highest BCUT2D eigenvalue weighted by Gasteiger charge is 2.20. The largest absolute Gasteiger partial charge is 0.256 e. The van der Waals surface area contributed by atoms with Crippen LogP contribution >= 0.6 is 0 Å². The number of rotatable bonds is 6. The van der Waals surface area contributed by atoms with E-state index in [1.54, 1.807) is 12.4 Å². The Balaban J connectivity index is 1.06. The summed E-state index contributed by atoms with van der Waals surface area (Å²) in [6.07, 6.45) is 3.61. The molecule has 278 valence electrons. The van der Waals surface area contributed by atoms with E-state index in [1.165, 1.54) is 0 Å². The van der Waals surface area contributed by atoms with Crippen molar-refractivity contribution in [1.82, 2.24) is 39.9 Å². The molecule has 0 saturated heterocycles. The van der Waals surface area contributed by atoms with E-state index < -0.39 is 0 Å². The molecular weight excluding hydrogens is 737 g/mol. The number of fused-ring (bicyclic) bond motifs is 2. The maximum absolute atomic E-state index is 5.18. The van der Waals surface area contributed by atoms with Gasteiger partial charge in [-0.2, -0.15) is 0 Å². The molecule has 0 N–H and O–H groups in total. The average molecular weight is 767 g/mol. The van der Waals surface area contributed by atoms with Crippen LogP contribution in [-0.2, 0) is 0 Å². The van der Waals surface area contributed by atoms with Gasteiger partial charge in [0.25, 0.3) is 0 Å². The molecule has 0 aliphatic heterocycles. The zero-order valence-electron chi connectivity index (χ0n) is 31.9. The monoisotopic (exact) mass is 766 g/mol. The molecule has 8 aromatic carbocycles. The summed E-state index contributed by atoms with van der Waals surface area (Å²) in [5, 5.41) is 8.64. The van der Waals surface area contributed by atoms with E-state index in [9.17, 15) is 0 Å². The Bertz CT molecular complexity index is 3370. The van der Waals surface area contributed by atoms with Crippen molar-refractivity contribution >= 4 is 54.1 Å². The maximum atomic E-state index is 5.18. The lowest BCUT2D eigenvalue weighted by Gasteiger charge is -2.16. The first-order chi connectivity index (χ1) is 29.7. The molecule has 8 nitrogen and oxygen atoms in total. The molecule has 0 saturated carbocycles. The third kappa shape index (κ3) is 5.69. The van der Waals surface area contributed by atoms with Crippen molar-refractivity contribution in [3.8, 4) is 68.3 Å². The fourth-order valence-corrected chi connectivity index (χ4v) is 8.30. The lowest BCUT2D eigenvalue weighted by molar-refractivity contribution is 1.08. The van der Waals surface area contributed by atoms with Gasteiger partial charge in [-0.3, -0.25) is 9.97 Å². The van der Waals surface area contributed by atoms with E-state index in [4.69, 9.17) is 29.9 Å². The van der Waals surface area contributed by atoms with Crippen molar-refractivity contribution in [2.24, 2.45) is 0 Å². The first kappa shape index (κ1) is 33.7. The van der Waals surface area contributed by atoms with Crippen LogP contribution in [0.3, 0.4) is 0 Å². The molecule has 0 aliphatic rings. The molecule has 0 atom stereocenters. The second-order valence-electron chi connectivity index (χ2n) is 14.8. The lowest BCUT2D eigenvalue weighted by Crippen LogP contribution is -2.01. The number of aromatic nitrogens is 8. The molecule has 12 rings (SSSR count). The Labute approximate surface area is 343 Å². The van der Waals surface area contributed by atoms with Crippen LogP contribution < -0.4 is 0 Å². The van der Waals surface area contributed by atoms with Gasteiger partial charge in [-0.1, -0.05) is 109 Å². The van der Waals surface area contributed by atoms with Gasteiger partial charge in [-0.15, -0.1) is 0 Å². The number of hydrogen-bond donors (Lipinski definition) is 0. The summed E-state index contributed by atoms with van der Waals surface area (Å²) in [6, 6.07) is 57.8. The molecule has 8 heteroatoms. The van der Waals surface area contributed by atoms with E-state index in [0.717, 1.165) is 87.5 Å². The molecule has 0 unspecified atom stereocenters. The smallest absolute Gasteiger partial charge is 0.164 e. The molecule has 4 aromatic heterocycles. The second kappa shape index (κ2) is 13.6. The minimum atomic E-state index is 0.597. The van der Waals surface area contributed by atoms with E-state index in [-0.39, 0.29) is 0 Å². The molecule has 0 bridgehead atoms. The number of hydrogen-bond acceptors (Lipinski definition) is 8. The molecule has 4 heterocycles. The predicted octanol–water partition coefficient (Wildman–Crippen LogP) is 12.1. The van der Waals surface area contributed by atoms with Gasteiger partial charge in [0, 0.05) is 56.5 Å². The lowest BCUT2D eigenvalue weighted by atomic mass is 9.89. The molecular formula is C52H30N8. The number of pyridine rings is 2. The zero-order valence-corrected chi connectivity index (χ0v) is 31.9. The number of benzene rings is 8. The van der Waals surface area contributed by atoms with Crippen LogP contribution in [0.25, 0.3) is 122 Å². The van der Waals surface area contributed by atoms with Crippen molar-refractivity contribution in [2.45, 2.75) is 0 Å². The van der Waals surface area contributed by atoms with Gasteiger partial charge in [-0.25, -0.2) is 29.9 Å². The fourth-order valence-electron chi connectivity index (χ4n) is 8.30. The van der Waals surface area contributed by atoms with Crippen LogP contribution in [0.5, 0.6) is 0 Å². The van der Waals surface area contributed by atoms with Crippen LogP contribution in [-0.4, -0.2) is 39.9 Å². The van der Waals surface area contributed by atoms with Gasteiger partial charge in [0.05, 0.1) is 11.0 Å². The minimum Gasteiger partial charge on any atom is -0.256 e. The second-order valence-corrected chi connectivity index (χ2v) is 14.8. The van der Waals surface area contributed by atoms with Gasteiger partial charge >= 0.3 is 0 Å². The van der Waals surface area contributed by atoms with Crippen molar-refractivity contribution in [3.63, 3.8) is 0 Å². The van der Waals surface area contributed by atoms with Gasteiger partial charge in [0.2, 0.25) is 0 Å². The topological polar surface area (TPSA) is 103 Å². The Morgan fingerprint density at radius 2 is 0.667 bits per heavy atom. The Hall–Kier alpha value is -8.36. The van der Waals surface area contributed by atoms with Crippen LogP contribution in [0.2, 0.25) is 0 Å². The van der Waals surface area contributed by atoms with Crippen molar-refractivity contribution in [3.05, 3.63) is 182 Å². The third-order valence-corrected chi connectivity index (χ3v) is 11.2. The van der Waals surface area contributed by atoms with Crippen molar-refractivity contribution in [2.75, 3.05) is 0 Å². The summed E-state index contributed by atoms with van der Waals surface area (Å²) in [7, 11) is 0. The third-order valence-electron chi connectivity index (χ3n) is 11.2. The highest BCUT2D eigenvalue weighted by Crippen LogP contribution is 2.42. The van der Waals surface area contributed by atoms with Gasteiger partial charge in [0.1, 0.15) is 0 Å². The van der Waals surface area contributed by atoms with Gasteiger partial charge in [0.15, 0.2) is 34.9 Å².